The standard InChI is InChI=1S/C12H13ClO2S/c1-2-3-5-10-12(13)16(14,15)11-8-6-4-7-9-11/h1,4,6-9,12H,3,5,10H2. The minimum atomic E-state index is -3.42. The van der Waals surface area contributed by atoms with Crippen LogP contribution in [-0.4, -0.2) is 13.1 Å². The predicted molar refractivity (Wildman–Crippen MR) is 66.0 cm³/mol. The van der Waals surface area contributed by atoms with Crippen molar-refractivity contribution >= 4 is 21.4 Å². The highest BCUT2D eigenvalue weighted by molar-refractivity contribution is 7.93. The zero-order valence-electron chi connectivity index (χ0n) is 8.77. The summed E-state index contributed by atoms with van der Waals surface area (Å²) in [5.41, 5.74) is 0. The highest BCUT2D eigenvalue weighted by atomic mass is 35.5. The zero-order valence-corrected chi connectivity index (χ0v) is 10.3. The van der Waals surface area contributed by atoms with E-state index in [4.69, 9.17) is 18.0 Å². The van der Waals surface area contributed by atoms with Crippen LogP contribution in [0.1, 0.15) is 19.3 Å². The van der Waals surface area contributed by atoms with Gasteiger partial charge in [-0.05, 0) is 25.0 Å². The van der Waals surface area contributed by atoms with Crippen LogP contribution in [0.2, 0.25) is 0 Å². The topological polar surface area (TPSA) is 34.1 Å². The fourth-order valence-electron chi connectivity index (χ4n) is 1.28. The Labute approximate surface area is 102 Å². The van der Waals surface area contributed by atoms with Crippen molar-refractivity contribution in [1.82, 2.24) is 0 Å². The average Bonchev–Trinajstić information content (AvgIpc) is 2.30. The summed E-state index contributed by atoms with van der Waals surface area (Å²) in [6.45, 7) is 0. The zero-order chi connectivity index (χ0) is 12.0. The van der Waals surface area contributed by atoms with Crippen LogP contribution in [0.4, 0.5) is 0 Å². The predicted octanol–water partition coefficient (Wildman–Crippen LogP) is 2.83. The number of unbranched alkanes of at least 4 members (excludes halogenated alkanes) is 1. The average molecular weight is 257 g/mol. The van der Waals surface area contributed by atoms with Gasteiger partial charge in [0.1, 0.15) is 4.71 Å². The van der Waals surface area contributed by atoms with Gasteiger partial charge >= 0.3 is 0 Å². The Hall–Kier alpha value is -0.980. The second-order valence-electron chi connectivity index (χ2n) is 3.36. The lowest BCUT2D eigenvalue weighted by molar-refractivity contribution is 0.587. The van der Waals surface area contributed by atoms with E-state index in [1.54, 1.807) is 30.3 Å². The fourth-order valence-corrected chi connectivity index (χ4v) is 3.05. The Kier molecular flexibility index (Phi) is 4.85. The Bertz CT molecular complexity index is 460. The van der Waals surface area contributed by atoms with E-state index in [-0.39, 0.29) is 4.90 Å². The molecule has 0 radical (unpaired) electrons. The fraction of sp³-hybridized carbons (Fsp3) is 0.333. The smallest absolute Gasteiger partial charge is 0.195 e. The second-order valence-corrected chi connectivity index (χ2v) is 6.28. The van der Waals surface area contributed by atoms with Crippen molar-refractivity contribution in [1.29, 1.82) is 0 Å². The highest BCUT2D eigenvalue weighted by Crippen LogP contribution is 2.22. The molecular formula is C12H13ClO2S. The Morgan fingerprint density at radius 1 is 1.31 bits per heavy atom. The van der Waals surface area contributed by atoms with E-state index >= 15 is 0 Å². The number of hydrogen-bond donors (Lipinski definition) is 0. The molecule has 0 saturated heterocycles. The summed E-state index contributed by atoms with van der Waals surface area (Å²) in [4.78, 5) is 0.260. The molecule has 0 fully saturated rings. The van der Waals surface area contributed by atoms with Crippen LogP contribution in [0.3, 0.4) is 0 Å². The molecular weight excluding hydrogens is 244 g/mol. The van der Waals surface area contributed by atoms with Crippen LogP contribution in [0.25, 0.3) is 0 Å². The first-order chi connectivity index (χ1) is 7.59. The minimum Gasteiger partial charge on any atom is -0.222 e. The number of sulfone groups is 1. The summed E-state index contributed by atoms with van der Waals surface area (Å²) < 4.78 is 23.0. The van der Waals surface area contributed by atoms with Crippen molar-refractivity contribution in [3.8, 4) is 12.3 Å². The molecule has 0 aliphatic rings. The first-order valence-corrected chi connectivity index (χ1v) is 6.94. The molecule has 0 N–H and O–H groups in total. The molecule has 0 heterocycles. The van der Waals surface area contributed by atoms with Crippen LogP contribution in [-0.2, 0) is 9.84 Å². The van der Waals surface area contributed by atoms with Crippen molar-refractivity contribution in [3.05, 3.63) is 30.3 Å². The second kappa shape index (κ2) is 5.93. The van der Waals surface area contributed by atoms with Crippen LogP contribution in [0.15, 0.2) is 35.2 Å². The van der Waals surface area contributed by atoms with Gasteiger partial charge in [-0.1, -0.05) is 18.2 Å². The van der Waals surface area contributed by atoms with Crippen LogP contribution in [0.5, 0.6) is 0 Å². The van der Waals surface area contributed by atoms with Crippen molar-refractivity contribution in [2.45, 2.75) is 28.9 Å². The number of halogens is 1. The summed E-state index contributed by atoms with van der Waals surface area (Å²) in [7, 11) is -3.42. The summed E-state index contributed by atoms with van der Waals surface area (Å²) in [5, 5.41) is 0. The van der Waals surface area contributed by atoms with E-state index in [0.717, 1.165) is 0 Å². The van der Waals surface area contributed by atoms with E-state index in [0.29, 0.717) is 19.3 Å². The van der Waals surface area contributed by atoms with Crippen molar-refractivity contribution < 1.29 is 8.42 Å². The van der Waals surface area contributed by atoms with Gasteiger partial charge in [-0.2, -0.15) is 0 Å². The monoisotopic (exact) mass is 256 g/mol. The van der Waals surface area contributed by atoms with Crippen molar-refractivity contribution in [2.24, 2.45) is 0 Å². The molecule has 2 nitrogen and oxygen atoms in total. The Morgan fingerprint density at radius 2 is 1.94 bits per heavy atom. The molecule has 0 bridgehead atoms. The minimum absolute atomic E-state index is 0.260. The molecule has 0 aliphatic carbocycles. The number of rotatable bonds is 5. The van der Waals surface area contributed by atoms with Gasteiger partial charge in [0.2, 0.25) is 0 Å². The SMILES string of the molecule is C#CCCCC(Cl)S(=O)(=O)c1ccccc1. The third kappa shape index (κ3) is 3.26. The maximum atomic E-state index is 11.9. The van der Waals surface area contributed by atoms with E-state index in [9.17, 15) is 8.42 Å². The molecule has 1 unspecified atom stereocenters. The third-order valence-corrected chi connectivity index (χ3v) is 4.92. The molecule has 0 amide bonds. The van der Waals surface area contributed by atoms with Gasteiger partial charge in [-0.15, -0.1) is 23.9 Å². The third-order valence-electron chi connectivity index (χ3n) is 2.16. The van der Waals surface area contributed by atoms with Crippen molar-refractivity contribution in [3.63, 3.8) is 0 Å². The molecule has 16 heavy (non-hydrogen) atoms. The van der Waals surface area contributed by atoms with Gasteiger partial charge in [-0.3, -0.25) is 0 Å². The quantitative estimate of drug-likeness (QED) is 0.461. The molecule has 1 aromatic rings. The number of terminal acetylenes is 1. The van der Waals surface area contributed by atoms with Gasteiger partial charge in [0.15, 0.2) is 9.84 Å². The van der Waals surface area contributed by atoms with E-state index in [1.807, 2.05) is 0 Å². The van der Waals surface area contributed by atoms with Gasteiger partial charge < -0.3 is 0 Å². The maximum Gasteiger partial charge on any atom is 0.195 e. The largest absolute Gasteiger partial charge is 0.222 e. The summed E-state index contributed by atoms with van der Waals surface area (Å²) in [6, 6.07) is 8.22. The molecule has 1 atom stereocenters. The number of alkyl halides is 1. The highest BCUT2D eigenvalue weighted by Gasteiger charge is 2.24. The lowest BCUT2D eigenvalue weighted by Crippen LogP contribution is -2.15. The van der Waals surface area contributed by atoms with E-state index < -0.39 is 14.5 Å². The van der Waals surface area contributed by atoms with Gasteiger partial charge in [0.25, 0.3) is 0 Å². The summed E-state index contributed by atoms with van der Waals surface area (Å²) >= 11 is 5.89. The van der Waals surface area contributed by atoms with Gasteiger partial charge in [0, 0.05) is 6.42 Å². The molecule has 0 spiro atoms. The lowest BCUT2D eigenvalue weighted by Gasteiger charge is -2.10. The van der Waals surface area contributed by atoms with Gasteiger partial charge in [-0.25, -0.2) is 8.42 Å². The van der Waals surface area contributed by atoms with Crippen LogP contribution < -0.4 is 0 Å². The van der Waals surface area contributed by atoms with Crippen LogP contribution >= 0.6 is 11.6 Å². The van der Waals surface area contributed by atoms with Crippen molar-refractivity contribution in [2.75, 3.05) is 0 Å². The number of benzene rings is 1. The first-order valence-electron chi connectivity index (χ1n) is 4.95. The molecule has 1 rings (SSSR count). The Balaban J connectivity index is 2.75. The molecule has 0 aromatic heterocycles. The molecule has 0 aliphatic heterocycles. The van der Waals surface area contributed by atoms with E-state index in [2.05, 4.69) is 5.92 Å². The molecule has 0 saturated carbocycles. The summed E-state index contributed by atoms with van der Waals surface area (Å²) in [6.07, 6.45) is 6.64. The molecule has 86 valence electrons. The van der Waals surface area contributed by atoms with E-state index in [1.165, 1.54) is 0 Å². The first kappa shape index (κ1) is 13.1. The molecule has 1 aromatic carbocycles. The lowest BCUT2D eigenvalue weighted by atomic mass is 10.3. The van der Waals surface area contributed by atoms with Gasteiger partial charge in [0.05, 0.1) is 4.90 Å². The number of hydrogen-bond acceptors (Lipinski definition) is 2. The van der Waals surface area contributed by atoms with Crippen LogP contribution in [0, 0.1) is 12.3 Å². The Morgan fingerprint density at radius 3 is 2.50 bits per heavy atom. The summed E-state index contributed by atoms with van der Waals surface area (Å²) in [5.74, 6) is 2.46. The normalized spacial score (nSPS) is 13.0. The molecule has 4 heteroatoms. The maximum absolute atomic E-state index is 11.9.